The minimum absolute atomic E-state index is 0.692. The molecule has 0 amide bonds. The first-order valence-corrected chi connectivity index (χ1v) is 11.8. The van der Waals surface area contributed by atoms with Crippen LogP contribution in [0.1, 0.15) is 0 Å². The Hall–Kier alpha value is -2.30. The van der Waals surface area contributed by atoms with Crippen LogP contribution < -0.4 is 14.2 Å². The lowest BCUT2D eigenvalue weighted by molar-refractivity contribution is 0.134. The van der Waals surface area contributed by atoms with Gasteiger partial charge in [-0.05, 0) is 66.0 Å². The molecule has 0 saturated carbocycles. The third kappa shape index (κ3) is 5.19. The Bertz CT molecular complexity index is 1030. The van der Waals surface area contributed by atoms with Gasteiger partial charge in [-0.15, -0.1) is 0 Å². The van der Waals surface area contributed by atoms with E-state index < -0.39 is 0 Å². The van der Waals surface area contributed by atoms with Crippen LogP contribution in [0.2, 0.25) is 0 Å². The Balaban J connectivity index is 1.46. The standard InChI is InChI=1S/C24H29IN4O3/c1-27-10-12-28(13-11-27)14-15-32-19-6-4-18(5-7-19)29-22(8-9-26-29)20-16-21(25)24(31-3)17-23(20)30-2/h4-9,16-17H,10-15H2,1-3H3. The largest absolute Gasteiger partial charge is 0.496 e. The van der Waals surface area contributed by atoms with Gasteiger partial charge in [0, 0.05) is 44.4 Å². The molecule has 1 fully saturated rings. The highest BCUT2D eigenvalue weighted by Gasteiger charge is 2.16. The highest BCUT2D eigenvalue weighted by molar-refractivity contribution is 14.1. The van der Waals surface area contributed by atoms with E-state index in [4.69, 9.17) is 14.2 Å². The monoisotopic (exact) mass is 548 g/mol. The van der Waals surface area contributed by atoms with Crippen molar-refractivity contribution < 1.29 is 14.2 Å². The van der Waals surface area contributed by atoms with Crippen molar-refractivity contribution in [1.29, 1.82) is 0 Å². The molecule has 0 N–H and O–H groups in total. The second-order valence-electron chi connectivity index (χ2n) is 7.80. The van der Waals surface area contributed by atoms with Crippen LogP contribution >= 0.6 is 22.6 Å². The van der Waals surface area contributed by atoms with Crippen LogP contribution in [0.5, 0.6) is 17.2 Å². The van der Waals surface area contributed by atoms with Crippen molar-refractivity contribution in [3.63, 3.8) is 0 Å². The van der Waals surface area contributed by atoms with Gasteiger partial charge in [0.15, 0.2) is 0 Å². The van der Waals surface area contributed by atoms with E-state index in [0.717, 1.165) is 70.5 Å². The number of halogens is 1. The minimum Gasteiger partial charge on any atom is -0.496 e. The Morgan fingerprint density at radius 2 is 1.66 bits per heavy atom. The number of hydrogen-bond donors (Lipinski definition) is 0. The Labute approximate surface area is 203 Å². The molecule has 0 radical (unpaired) electrons. The number of nitrogens with zero attached hydrogens (tertiary/aromatic N) is 4. The highest BCUT2D eigenvalue weighted by Crippen LogP contribution is 2.37. The molecule has 0 atom stereocenters. The van der Waals surface area contributed by atoms with E-state index in [2.05, 4.69) is 50.6 Å². The number of benzene rings is 2. The molecule has 4 rings (SSSR count). The average molecular weight is 548 g/mol. The molecule has 0 aliphatic carbocycles. The fourth-order valence-electron chi connectivity index (χ4n) is 3.82. The first kappa shape index (κ1) is 22.9. The number of methoxy groups -OCH3 is 2. The van der Waals surface area contributed by atoms with Gasteiger partial charge in [-0.1, -0.05) is 0 Å². The predicted octanol–water partition coefficient (Wildman–Crippen LogP) is 3.79. The normalized spacial score (nSPS) is 15.0. The second kappa shape index (κ2) is 10.5. The first-order valence-electron chi connectivity index (χ1n) is 10.7. The summed E-state index contributed by atoms with van der Waals surface area (Å²) in [6.07, 6.45) is 1.80. The van der Waals surface area contributed by atoms with Crippen LogP contribution in [0, 0.1) is 3.57 Å². The SMILES string of the molecule is COc1cc(OC)c(-c2ccnn2-c2ccc(OCCN3CCN(C)CC3)cc2)cc1I. The zero-order valence-corrected chi connectivity index (χ0v) is 20.9. The summed E-state index contributed by atoms with van der Waals surface area (Å²) in [7, 11) is 5.50. The number of hydrogen-bond acceptors (Lipinski definition) is 6. The summed E-state index contributed by atoms with van der Waals surface area (Å²) in [4.78, 5) is 4.82. The average Bonchev–Trinajstić information content (AvgIpc) is 3.30. The van der Waals surface area contributed by atoms with Crippen molar-refractivity contribution in [2.24, 2.45) is 0 Å². The van der Waals surface area contributed by atoms with Gasteiger partial charge in [0.05, 0.1) is 35.4 Å². The van der Waals surface area contributed by atoms with Crippen molar-refractivity contribution in [2.75, 3.05) is 60.6 Å². The van der Waals surface area contributed by atoms with Crippen LogP contribution in [0.15, 0.2) is 48.7 Å². The fraction of sp³-hybridized carbons (Fsp3) is 0.375. The molecule has 3 aromatic rings. The zero-order chi connectivity index (χ0) is 22.5. The van der Waals surface area contributed by atoms with Crippen molar-refractivity contribution in [2.45, 2.75) is 0 Å². The van der Waals surface area contributed by atoms with Crippen molar-refractivity contribution in [1.82, 2.24) is 19.6 Å². The maximum absolute atomic E-state index is 5.98. The molecule has 1 saturated heterocycles. The molecule has 2 heterocycles. The molecule has 2 aromatic carbocycles. The lowest BCUT2D eigenvalue weighted by Gasteiger charge is -2.32. The maximum Gasteiger partial charge on any atom is 0.135 e. The summed E-state index contributed by atoms with van der Waals surface area (Å²) in [5, 5.41) is 4.55. The second-order valence-corrected chi connectivity index (χ2v) is 8.96. The van der Waals surface area contributed by atoms with Crippen LogP contribution in [-0.2, 0) is 0 Å². The third-order valence-electron chi connectivity index (χ3n) is 5.75. The number of likely N-dealkylation sites (N-methyl/N-ethyl adjacent to an activating group) is 1. The van der Waals surface area contributed by atoms with E-state index in [1.165, 1.54) is 0 Å². The summed E-state index contributed by atoms with van der Waals surface area (Å²) in [6.45, 7) is 6.10. The molecule has 170 valence electrons. The maximum atomic E-state index is 5.98. The summed E-state index contributed by atoms with van der Waals surface area (Å²) in [6, 6.07) is 14.0. The van der Waals surface area contributed by atoms with Crippen LogP contribution in [0.25, 0.3) is 16.9 Å². The smallest absolute Gasteiger partial charge is 0.135 e. The molecule has 7 nitrogen and oxygen atoms in total. The Kier molecular flexibility index (Phi) is 7.54. The quantitative estimate of drug-likeness (QED) is 0.400. The fourth-order valence-corrected chi connectivity index (χ4v) is 4.51. The molecule has 1 aliphatic rings. The van der Waals surface area contributed by atoms with E-state index >= 15 is 0 Å². The summed E-state index contributed by atoms with van der Waals surface area (Å²) in [5.74, 6) is 2.40. The minimum atomic E-state index is 0.692. The molecular weight excluding hydrogens is 519 g/mol. The van der Waals surface area contributed by atoms with Crippen LogP contribution in [-0.4, -0.2) is 80.2 Å². The van der Waals surface area contributed by atoms with Gasteiger partial charge in [-0.2, -0.15) is 5.10 Å². The summed E-state index contributed by atoms with van der Waals surface area (Å²) in [5.41, 5.74) is 2.87. The molecular formula is C24H29IN4O3. The lowest BCUT2D eigenvalue weighted by atomic mass is 10.1. The van der Waals surface area contributed by atoms with E-state index in [1.807, 2.05) is 41.1 Å². The number of ether oxygens (including phenoxy) is 3. The Morgan fingerprint density at radius 1 is 0.938 bits per heavy atom. The molecule has 0 unspecified atom stereocenters. The Morgan fingerprint density at radius 3 is 2.34 bits per heavy atom. The van der Waals surface area contributed by atoms with Gasteiger partial charge in [0.1, 0.15) is 23.9 Å². The van der Waals surface area contributed by atoms with Crippen molar-refractivity contribution in [3.05, 3.63) is 52.2 Å². The van der Waals surface area contributed by atoms with Gasteiger partial charge in [0.25, 0.3) is 0 Å². The van der Waals surface area contributed by atoms with E-state index in [-0.39, 0.29) is 0 Å². The van der Waals surface area contributed by atoms with E-state index in [1.54, 1.807) is 20.4 Å². The predicted molar refractivity (Wildman–Crippen MR) is 134 cm³/mol. The highest BCUT2D eigenvalue weighted by atomic mass is 127. The van der Waals surface area contributed by atoms with E-state index in [9.17, 15) is 0 Å². The van der Waals surface area contributed by atoms with Crippen molar-refractivity contribution in [3.8, 4) is 34.2 Å². The molecule has 32 heavy (non-hydrogen) atoms. The van der Waals surface area contributed by atoms with Gasteiger partial charge in [0.2, 0.25) is 0 Å². The zero-order valence-electron chi connectivity index (χ0n) is 18.8. The van der Waals surface area contributed by atoms with E-state index in [0.29, 0.717) is 6.61 Å². The van der Waals surface area contributed by atoms with Gasteiger partial charge < -0.3 is 19.1 Å². The number of piperazine rings is 1. The topological polar surface area (TPSA) is 52.0 Å². The van der Waals surface area contributed by atoms with Crippen LogP contribution in [0.3, 0.4) is 0 Å². The first-order chi connectivity index (χ1) is 15.6. The van der Waals surface area contributed by atoms with Gasteiger partial charge in [-0.25, -0.2) is 4.68 Å². The summed E-state index contributed by atoms with van der Waals surface area (Å²) < 4.78 is 20.0. The molecule has 1 aliphatic heterocycles. The molecule has 8 heteroatoms. The number of aromatic nitrogens is 2. The van der Waals surface area contributed by atoms with Gasteiger partial charge >= 0.3 is 0 Å². The number of rotatable bonds is 8. The molecule has 0 bridgehead atoms. The van der Waals surface area contributed by atoms with Crippen LogP contribution in [0.4, 0.5) is 0 Å². The molecule has 1 aromatic heterocycles. The van der Waals surface area contributed by atoms with Crippen molar-refractivity contribution >= 4 is 22.6 Å². The lowest BCUT2D eigenvalue weighted by Crippen LogP contribution is -2.45. The molecule has 0 spiro atoms. The summed E-state index contributed by atoms with van der Waals surface area (Å²) >= 11 is 2.27. The van der Waals surface area contributed by atoms with Gasteiger partial charge in [-0.3, -0.25) is 4.90 Å². The third-order valence-corrected chi connectivity index (χ3v) is 6.59.